The molecule has 0 unspecified atom stereocenters. The Hall–Kier alpha value is -1.37. The topological polar surface area (TPSA) is 101 Å². The molecule has 1 aromatic carbocycles. The van der Waals surface area contributed by atoms with Crippen LogP contribution >= 0.6 is 11.6 Å². The Morgan fingerprint density at radius 3 is 2.33 bits per heavy atom. The number of hydrogen-bond acceptors (Lipinski definition) is 5. The molecule has 0 atom stereocenters. The monoisotopic (exact) mass is 490 g/mol. The second kappa shape index (κ2) is 9.41. The highest BCUT2D eigenvalue weighted by Crippen LogP contribution is 2.36. The van der Waals surface area contributed by atoms with Crippen LogP contribution in [0, 0.1) is 5.92 Å². The lowest BCUT2D eigenvalue weighted by atomic mass is 9.97. The van der Waals surface area contributed by atoms with Gasteiger partial charge in [-0.3, -0.25) is 4.79 Å². The van der Waals surface area contributed by atoms with Crippen LogP contribution in [-0.2, 0) is 30.8 Å². The lowest BCUT2D eigenvalue weighted by Gasteiger charge is -2.30. The van der Waals surface area contributed by atoms with Gasteiger partial charge in [-0.2, -0.15) is 17.5 Å². The van der Waals surface area contributed by atoms with E-state index in [1.165, 1.54) is 6.92 Å². The fourth-order valence-corrected chi connectivity index (χ4v) is 5.43. The summed E-state index contributed by atoms with van der Waals surface area (Å²) in [4.78, 5) is 11.7. The van der Waals surface area contributed by atoms with Gasteiger partial charge < -0.3 is 5.32 Å². The predicted octanol–water partition coefficient (Wildman–Crippen LogP) is 2.31. The number of rotatable bonds is 7. The summed E-state index contributed by atoms with van der Waals surface area (Å²) in [5.74, 6) is -1.08. The van der Waals surface area contributed by atoms with E-state index in [-0.39, 0.29) is 49.9 Å². The number of nitrogens with zero attached hydrogens (tertiary/aromatic N) is 1. The summed E-state index contributed by atoms with van der Waals surface area (Å²) < 4.78 is 88.4. The largest absolute Gasteiger partial charge is 0.417 e. The van der Waals surface area contributed by atoms with Gasteiger partial charge >= 0.3 is 6.18 Å². The van der Waals surface area contributed by atoms with Crippen molar-refractivity contribution in [2.24, 2.45) is 5.92 Å². The van der Waals surface area contributed by atoms with Gasteiger partial charge in [-0.05, 0) is 31.0 Å². The van der Waals surface area contributed by atoms with E-state index in [9.17, 15) is 34.8 Å². The highest BCUT2D eigenvalue weighted by Gasteiger charge is 2.37. The van der Waals surface area contributed by atoms with E-state index < -0.39 is 47.4 Å². The molecular weight excluding hydrogens is 469 g/mol. The maximum absolute atomic E-state index is 13.0. The molecule has 0 saturated carbocycles. The maximum atomic E-state index is 13.0. The number of sulfone groups is 1. The summed E-state index contributed by atoms with van der Waals surface area (Å²) in [6.45, 7) is 1.39. The van der Waals surface area contributed by atoms with E-state index in [1.54, 1.807) is 0 Å². The first-order chi connectivity index (χ1) is 13.8. The molecule has 1 N–H and O–H groups in total. The van der Waals surface area contributed by atoms with Crippen molar-refractivity contribution >= 4 is 37.4 Å². The van der Waals surface area contributed by atoms with E-state index in [0.717, 1.165) is 16.4 Å². The van der Waals surface area contributed by atoms with Crippen LogP contribution in [0.15, 0.2) is 23.1 Å². The zero-order valence-corrected chi connectivity index (χ0v) is 18.5. The second-order valence-electron chi connectivity index (χ2n) is 6.85. The van der Waals surface area contributed by atoms with E-state index in [0.29, 0.717) is 6.07 Å². The predicted molar refractivity (Wildman–Crippen MR) is 105 cm³/mol. The molecule has 1 aliphatic heterocycles. The fraction of sp³-hybridized carbons (Fsp3) is 0.588. The first-order valence-electron chi connectivity index (χ1n) is 9.13. The number of nitrogens with one attached hydrogen (secondary N) is 1. The zero-order chi connectivity index (χ0) is 22.7. The molecule has 13 heteroatoms. The molecule has 30 heavy (non-hydrogen) atoms. The summed E-state index contributed by atoms with van der Waals surface area (Å²) in [7, 11) is -7.40. The average Bonchev–Trinajstić information content (AvgIpc) is 2.67. The Morgan fingerprint density at radius 2 is 1.80 bits per heavy atom. The maximum Gasteiger partial charge on any atom is 0.417 e. The van der Waals surface area contributed by atoms with E-state index >= 15 is 0 Å². The van der Waals surface area contributed by atoms with Gasteiger partial charge in [0.2, 0.25) is 15.9 Å². The molecule has 0 bridgehead atoms. The molecule has 1 amide bonds. The van der Waals surface area contributed by atoms with Crippen molar-refractivity contribution in [1.29, 1.82) is 0 Å². The summed E-state index contributed by atoms with van der Waals surface area (Å²) in [6, 6.07) is 2.41. The molecule has 0 spiro atoms. The molecule has 1 aromatic rings. The van der Waals surface area contributed by atoms with Crippen LogP contribution in [0.1, 0.15) is 25.3 Å². The molecule has 1 aliphatic rings. The van der Waals surface area contributed by atoms with Crippen LogP contribution in [0.25, 0.3) is 0 Å². The summed E-state index contributed by atoms with van der Waals surface area (Å²) in [6.07, 6.45) is -4.45. The number of halogens is 4. The number of hydrogen-bond donors (Lipinski definition) is 1. The molecule has 1 saturated heterocycles. The first-order valence-corrected chi connectivity index (χ1v) is 12.8. The summed E-state index contributed by atoms with van der Waals surface area (Å²) in [5.41, 5.74) is -1.23. The highest BCUT2D eigenvalue weighted by atomic mass is 35.5. The third kappa shape index (κ3) is 6.08. The third-order valence-corrected chi connectivity index (χ3v) is 8.79. The smallest absolute Gasteiger partial charge is 0.355 e. The molecule has 0 aromatic heterocycles. The Bertz CT molecular complexity index is 989. The lowest BCUT2D eigenvalue weighted by Crippen LogP contribution is -2.43. The third-order valence-electron chi connectivity index (χ3n) is 4.86. The van der Waals surface area contributed by atoms with E-state index in [2.05, 4.69) is 5.32 Å². The molecule has 1 fully saturated rings. The fourth-order valence-electron chi connectivity index (χ4n) is 3.01. The average molecular weight is 491 g/mol. The van der Waals surface area contributed by atoms with Gasteiger partial charge in [-0.1, -0.05) is 18.5 Å². The molecule has 2 rings (SSSR count). The van der Waals surface area contributed by atoms with Crippen LogP contribution in [0.5, 0.6) is 0 Å². The number of piperidine rings is 1. The van der Waals surface area contributed by atoms with Crippen LogP contribution in [0.2, 0.25) is 5.02 Å². The Labute approximate surface area is 178 Å². The molecule has 7 nitrogen and oxygen atoms in total. The van der Waals surface area contributed by atoms with Crippen molar-refractivity contribution in [3.63, 3.8) is 0 Å². The van der Waals surface area contributed by atoms with Gasteiger partial charge in [0, 0.05) is 31.3 Å². The molecule has 0 aliphatic carbocycles. The number of sulfonamides is 1. The second-order valence-corrected chi connectivity index (χ2v) is 11.7. The Kier molecular flexibility index (Phi) is 7.81. The van der Waals surface area contributed by atoms with E-state index in [1.807, 2.05) is 0 Å². The standard InChI is InChI=1S/C17H22ClF3N2O5S2/c1-2-29(25,26)10-7-22-16(24)12-5-8-23(9-6-12)30(27,28)13-3-4-15(18)14(11-13)17(19,20)21/h3-4,11-12H,2,5-10H2,1H3,(H,22,24). The first kappa shape index (κ1) is 24.9. The molecule has 170 valence electrons. The number of benzene rings is 1. The van der Waals surface area contributed by atoms with Crippen molar-refractivity contribution in [2.75, 3.05) is 31.1 Å². The quantitative estimate of drug-likeness (QED) is 0.632. The lowest BCUT2D eigenvalue weighted by molar-refractivity contribution is -0.137. The number of alkyl halides is 3. The van der Waals surface area contributed by atoms with Gasteiger partial charge in [0.25, 0.3) is 0 Å². The van der Waals surface area contributed by atoms with Gasteiger partial charge in [0.05, 0.1) is 21.2 Å². The number of amides is 1. The summed E-state index contributed by atoms with van der Waals surface area (Å²) >= 11 is 5.54. The van der Waals surface area contributed by atoms with Crippen LogP contribution in [0.4, 0.5) is 13.2 Å². The number of carbonyl (C=O) groups is 1. The highest BCUT2D eigenvalue weighted by molar-refractivity contribution is 7.91. The minimum atomic E-state index is -4.79. The zero-order valence-electron chi connectivity index (χ0n) is 16.1. The van der Waals surface area contributed by atoms with Crippen LogP contribution < -0.4 is 5.32 Å². The van der Waals surface area contributed by atoms with Crippen molar-refractivity contribution in [3.8, 4) is 0 Å². The molecule has 1 heterocycles. The van der Waals surface area contributed by atoms with Crippen LogP contribution in [-0.4, -0.2) is 58.2 Å². The molecule has 0 radical (unpaired) electrons. The van der Waals surface area contributed by atoms with Crippen molar-refractivity contribution < 1.29 is 34.8 Å². The van der Waals surface area contributed by atoms with Crippen molar-refractivity contribution in [2.45, 2.75) is 30.8 Å². The minimum Gasteiger partial charge on any atom is -0.355 e. The van der Waals surface area contributed by atoms with Gasteiger partial charge in [-0.15, -0.1) is 0 Å². The Morgan fingerprint density at radius 1 is 1.20 bits per heavy atom. The summed E-state index contributed by atoms with van der Waals surface area (Å²) in [5, 5.41) is 1.94. The Balaban J connectivity index is 2.01. The van der Waals surface area contributed by atoms with Crippen LogP contribution in [0.3, 0.4) is 0 Å². The molecular formula is C17H22ClF3N2O5S2. The SMILES string of the molecule is CCS(=O)(=O)CCNC(=O)C1CCN(S(=O)(=O)c2ccc(Cl)c(C(F)(F)F)c2)CC1. The van der Waals surface area contributed by atoms with Crippen molar-refractivity contribution in [1.82, 2.24) is 9.62 Å². The van der Waals surface area contributed by atoms with E-state index in [4.69, 9.17) is 11.6 Å². The van der Waals surface area contributed by atoms with Gasteiger partial charge in [0.1, 0.15) is 0 Å². The van der Waals surface area contributed by atoms with Crippen molar-refractivity contribution in [3.05, 3.63) is 28.8 Å². The van der Waals surface area contributed by atoms with Gasteiger partial charge in [-0.25, -0.2) is 16.8 Å². The normalized spacial score (nSPS) is 17.1. The number of carbonyl (C=O) groups excluding carboxylic acids is 1. The van der Waals surface area contributed by atoms with Gasteiger partial charge in [0.15, 0.2) is 9.84 Å². The minimum absolute atomic E-state index is 0.0279.